The lowest BCUT2D eigenvalue weighted by atomic mass is 10.2. The van der Waals surface area contributed by atoms with Crippen molar-refractivity contribution in [2.45, 2.75) is 13.1 Å². The van der Waals surface area contributed by atoms with Gasteiger partial charge in [-0.2, -0.15) is 18.2 Å². The SMILES string of the molecule is Cc1cccc(N(C)c2ncc(C(F)(F)F)c(Oc3ccccc3)n2)c1. The first-order valence-corrected chi connectivity index (χ1v) is 7.82. The molecule has 0 spiro atoms. The molecule has 0 saturated carbocycles. The van der Waals surface area contributed by atoms with Crippen molar-refractivity contribution in [2.75, 3.05) is 11.9 Å². The molecule has 0 aliphatic rings. The van der Waals surface area contributed by atoms with Crippen LogP contribution in [0.15, 0.2) is 60.8 Å². The Hall–Kier alpha value is -3.09. The summed E-state index contributed by atoms with van der Waals surface area (Å²) in [6, 6.07) is 15.7. The third-order valence-corrected chi connectivity index (χ3v) is 3.69. The average molecular weight is 359 g/mol. The van der Waals surface area contributed by atoms with E-state index in [1.807, 2.05) is 31.2 Å². The molecule has 0 fully saturated rings. The predicted octanol–water partition coefficient (Wildman–Crippen LogP) is 5.36. The van der Waals surface area contributed by atoms with Crippen LogP contribution in [0.4, 0.5) is 24.8 Å². The molecule has 1 heterocycles. The van der Waals surface area contributed by atoms with Gasteiger partial charge in [-0.25, -0.2) is 4.98 Å². The summed E-state index contributed by atoms with van der Waals surface area (Å²) in [5.41, 5.74) is 0.750. The van der Waals surface area contributed by atoms with Gasteiger partial charge in [-0.05, 0) is 36.8 Å². The van der Waals surface area contributed by atoms with Gasteiger partial charge in [0.05, 0.1) is 0 Å². The first-order chi connectivity index (χ1) is 12.3. The number of benzene rings is 2. The molecule has 0 bridgehead atoms. The molecule has 26 heavy (non-hydrogen) atoms. The number of hydrogen-bond acceptors (Lipinski definition) is 4. The predicted molar refractivity (Wildman–Crippen MR) is 92.8 cm³/mol. The number of para-hydroxylation sites is 1. The van der Waals surface area contributed by atoms with Crippen molar-refractivity contribution >= 4 is 11.6 Å². The second-order valence-corrected chi connectivity index (χ2v) is 5.70. The van der Waals surface area contributed by atoms with Gasteiger partial charge in [0.1, 0.15) is 11.3 Å². The van der Waals surface area contributed by atoms with Crippen LogP contribution in [-0.2, 0) is 6.18 Å². The van der Waals surface area contributed by atoms with E-state index in [-0.39, 0.29) is 11.7 Å². The van der Waals surface area contributed by atoms with E-state index in [9.17, 15) is 13.2 Å². The van der Waals surface area contributed by atoms with E-state index < -0.39 is 17.6 Å². The summed E-state index contributed by atoms with van der Waals surface area (Å²) in [7, 11) is 1.68. The summed E-state index contributed by atoms with van der Waals surface area (Å²) in [4.78, 5) is 9.48. The van der Waals surface area contributed by atoms with Gasteiger partial charge >= 0.3 is 6.18 Å². The van der Waals surface area contributed by atoms with Gasteiger partial charge in [0, 0.05) is 18.9 Å². The molecule has 0 atom stereocenters. The molecule has 2 aromatic carbocycles. The van der Waals surface area contributed by atoms with Gasteiger partial charge in [0.2, 0.25) is 11.8 Å². The van der Waals surface area contributed by atoms with E-state index in [2.05, 4.69) is 9.97 Å². The zero-order valence-corrected chi connectivity index (χ0v) is 14.2. The summed E-state index contributed by atoms with van der Waals surface area (Å²) >= 11 is 0. The van der Waals surface area contributed by atoms with Crippen LogP contribution in [0.25, 0.3) is 0 Å². The minimum Gasteiger partial charge on any atom is -0.438 e. The van der Waals surface area contributed by atoms with Crippen LogP contribution in [0.3, 0.4) is 0 Å². The van der Waals surface area contributed by atoms with Crippen molar-refractivity contribution in [3.8, 4) is 11.6 Å². The fraction of sp³-hybridized carbons (Fsp3) is 0.158. The topological polar surface area (TPSA) is 38.2 Å². The fourth-order valence-electron chi connectivity index (χ4n) is 2.34. The zero-order chi connectivity index (χ0) is 18.7. The molecule has 0 amide bonds. The van der Waals surface area contributed by atoms with E-state index in [0.717, 1.165) is 17.4 Å². The highest BCUT2D eigenvalue weighted by Crippen LogP contribution is 2.37. The van der Waals surface area contributed by atoms with E-state index in [4.69, 9.17) is 4.74 Å². The fourth-order valence-corrected chi connectivity index (χ4v) is 2.34. The maximum Gasteiger partial charge on any atom is 0.423 e. The van der Waals surface area contributed by atoms with Gasteiger partial charge in [-0.15, -0.1) is 0 Å². The molecule has 134 valence electrons. The number of hydrogen-bond donors (Lipinski definition) is 0. The first kappa shape index (κ1) is 17.7. The molecular formula is C19H16F3N3O. The molecule has 1 aromatic heterocycles. The van der Waals surface area contributed by atoms with Crippen molar-refractivity contribution in [3.63, 3.8) is 0 Å². The molecule has 4 nitrogen and oxygen atoms in total. The maximum absolute atomic E-state index is 13.3. The Balaban J connectivity index is 2.01. The van der Waals surface area contributed by atoms with Crippen molar-refractivity contribution in [2.24, 2.45) is 0 Å². The third-order valence-electron chi connectivity index (χ3n) is 3.69. The number of ether oxygens (including phenoxy) is 1. The number of halogens is 3. The minimum absolute atomic E-state index is 0.106. The molecule has 0 aliphatic carbocycles. The van der Waals surface area contributed by atoms with E-state index in [1.54, 1.807) is 42.3 Å². The lowest BCUT2D eigenvalue weighted by Crippen LogP contribution is -2.16. The Morgan fingerprint density at radius 3 is 2.38 bits per heavy atom. The van der Waals surface area contributed by atoms with Gasteiger partial charge in [-0.1, -0.05) is 30.3 Å². The molecular weight excluding hydrogens is 343 g/mol. The van der Waals surface area contributed by atoms with Crippen LogP contribution in [0.1, 0.15) is 11.1 Å². The average Bonchev–Trinajstić information content (AvgIpc) is 2.61. The lowest BCUT2D eigenvalue weighted by molar-refractivity contribution is -0.139. The van der Waals surface area contributed by atoms with Crippen LogP contribution >= 0.6 is 0 Å². The second kappa shape index (κ2) is 7.03. The highest BCUT2D eigenvalue weighted by atomic mass is 19.4. The minimum atomic E-state index is -4.62. The summed E-state index contributed by atoms with van der Waals surface area (Å²) in [5, 5.41) is 0. The molecule has 0 radical (unpaired) electrons. The van der Waals surface area contributed by atoms with Crippen LogP contribution in [-0.4, -0.2) is 17.0 Å². The van der Waals surface area contributed by atoms with E-state index in [1.165, 1.54) is 0 Å². The number of alkyl halides is 3. The van der Waals surface area contributed by atoms with Crippen LogP contribution in [0.2, 0.25) is 0 Å². The van der Waals surface area contributed by atoms with Gasteiger partial charge < -0.3 is 9.64 Å². The normalized spacial score (nSPS) is 11.3. The Morgan fingerprint density at radius 1 is 1.00 bits per heavy atom. The molecule has 0 aliphatic heterocycles. The van der Waals surface area contributed by atoms with Gasteiger partial charge in [0.15, 0.2) is 0 Å². The van der Waals surface area contributed by atoms with Crippen molar-refractivity contribution in [3.05, 3.63) is 71.9 Å². The summed E-state index contributed by atoms with van der Waals surface area (Å²) in [6.07, 6.45) is -3.88. The lowest BCUT2D eigenvalue weighted by Gasteiger charge is -2.20. The number of nitrogens with zero attached hydrogens (tertiary/aromatic N) is 3. The Bertz CT molecular complexity index is 898. The van der Waals surface area contributed by atoms with Crippen LogP contribution in [0, 0.1) is 6.92 Å². The smallest absolute Gasteiger partial charge is 0.423 e. The highest BCUT2D eigenvalue weighted by molar-refractivity contribution is 5.58. The molecule has 3 aromatic rings. The summed E-state index contributed by atoms with van der Waals surface area (Å²) < 4.78 is 45.2. The molecule has 0 saturated heterocycles. The standard InChI is InChI=1S/C19H16F3N3O/c1-13-7-6-8-14(11-13)25(2)18-23-12-16(19(20,21)22)17(24-18)26-15-9-4-3-5-10-15/h3-12H,1-2H3. The van der Waals surface area contributed by atoms with Crippen molar-refractivity contribution in [1.29, 1.82) is 0 Å². The Labute approximate surface area is 148 Å². The van der Waals surface area contributed by atoms with E-state index >= 15 is 0 Å². The van der Waals surface area contributed by atoms with Gasteiger partial charge in [0.25, 0.3) is 0 Å². The van der Waals surface area contributed by atoms with E-state index in [0.29, 0.717) is 0 Å². The van der Waals surface area contributed by atoms with Crippen molar-refractivity contribution < 1.29 is 17.9 Å². The molecule has 0 N–H and O–H groups in total. The number of anilines is 2. The Kier molecular flexibility index (Phi) is 4.79. The van der Waals surface area contributed by atoms with Crippen LogP contribution in [0.5, 0.6) is 11.6 Å². The quantitative estimate of drug-likeness (QED) is 0.628. The number of aromatic nitrogens is 2. The molecule has 3 rings (SSSR count). The number of aryl methyl sites for hydroxylation is 1. The monoisotopic (exact) mass is 359 g/mol. The second-order valence-electron chi connectivity index (χ2n) is 5.70. The summed E-state index contributed by atoms with van der Waals surface area (Å²) in [5.74, 6) is -0.163. The van der Waals surface area contributed by atoms with Crippen molar-refractivity contribution in [1.82, 2.24) is 9.97 Å². The van der Waals surface area contributed by atoms with Crippen LogP contribution < -0.4 is 9.64 Å². The third kappa shape index (κ3) is 3.93. The highest BCUT2D eigenvalue weighted by Gasteiger charge is 2.36. The van der Waals surface area contributed by atoms with Gasteiger partial charge in [-0.3, -0.25) is 0 Å². The largest absolute Gasteiger partial charge is 0.438 e. The summed E-state index contributed by atoms with van der Waals surface area (Å²) in [6.45, 7) is 1.93. The molecule has 7 heteroatoms. The maximum atomic E-state index is 13.3. The zero-order valence-electron chi connectivity index (χ0n) is 14.2. The first-order valence-electron chi connectivity index (χ1n) is 7.82. The number of rotatable bonds is 4. The Morgan fingerprint density at radius 2 is 1.73 bits per heavy atom. The molecule has 0 unspecified atom stereocenters.